The number of rotatable bonds is 1. The largest absolute Gasteiger partial charge is 1.00 e. The van der Waals surface area contributed by atoms with Gasteiger partial charge in [-0.2, -0.15) is 0 Å². The van der Waals surface area contributed by atoms with Crippen LogP contribution < -0.4 is 58.2 Å². The Labute approximate surface area is 113 Å². The molecule has 0 aliphatic rings. The van der Waals surface area contributed by atoms with Gasteiger partial charge in [-0.05, 0) is 12.1 Å². The molecule has 0 fully saturated rings. The molecule has 0 saturated carbocycles. The molecule has 0 bridgehead atoms. The van der Waals surface area contributed by atoms with E-state index in [4.69, 9.17) is 4.55 Å². The summed E-state index contributed by atoms with van der Waals surface area (Å²) in [5, 5.41) is 0. The molecule has 0 heterocycles. The van der Waals surface area contributed by atoms with Gasteiger partial charge >= 0.3 is 58.2 Å². The predicted molar refractivity (Wildman–Crippen MR) is 36.6 cm³/mol. The molecule has 1 atom stereocenters. The Kier molecular flexibility index (Phi) is 6.40. The summed E-state index contributed by atoms with van der Waals surface area (Å²) in [4.78, 5) is 0.442. The Hall–Kier alpha value is 1.14. The molecule has 0 saturated heterocycles. The summed E-state index contributed by atoms with van der Waals surface area (Å²) in [6, 6.07) is 8.47. The van der Waals surface area contributed by atoms with Crippen molar-refractivity contribution in [3.63, 3.8) is 0 Å². The fraction of sp³-hybridized carbons (Fsp3) is 0. The van der Waals surface area contributed by atoms with Crippen LogP contribution in [0.1, 0.15) is 1.43 Å². The summed E-state index contributed by atoms with van der Waals surface area (Å²) >= 11 is -1.83. The third kappa shape index (κ3) is 3.50. The molecular formula is C6H7O2RbS. The van der Waals surface area contributed by atoms with Crippen molar-refractivity contribution in [2.75, 3.05) is 0 Å². The van der Waals surface area contributed by atoms with Crippen molar-refractivity contribution in [1.29, 1.82) is 0 Å². The van der Waals surface area contributed by atoms with Crippen molar-refractivity contribution in [1.82, 2.24) is 0 Å². The van der Waals surface area contributed by atoms with Gasteiger partial charge in [0.2, 0.25) is 0 Å². The summed E-state index contributed by atoms with van der Waals surface area (Å²) in [7, 11) is 0. The molecule has 0 radical (unpaired) electrons. The van der Waals surface area contributed by atoms with Crippen molar-refractivity contribution in [3.05, 3.63) is 30.3 Å². The van der Waals surface area contributed by atoms with Crippen LogP contribution in [0.25, 0.3) is 0 Å². The van der Waals surface area contributed by atoms with Crippen LogP contribution in [-0.2, 0) is 11.1 Å². The maximum absolute atomic E-state index is 10.3. The zero-order chi connectivity index (χ0) is 6.69. The van der Waals surface area contributed by atoms with Crippen LogP contribution in [0.3, 0.4) is 0 Å². The Balaban J connectivity index is 0. The second kappa shape index (κ2) is 5.74. The summed E-state index contributed by atoms with van der Waals surface area (Å²) in [5.41, 5.74) is 0. The van der Waals surface area contributed by atoms with E-state index in [1.807, 2.05) is 0 Å². The van der Waals surface area contributed by atoms with Crippen LogP contribution in [0, 0.1) is 0 Å². The zero-order valence-electron chi connectivity index (χ0n) is 6.65. The van der Waals surface area contributed by atoms with Crippen molar-refractivity contribution in [3.8, 4) is 0 Å². The van der Waals surface area contributed by atoms with E-state index in [1.165, 1.54) is 0 Å². The van der Waals surface area contributed by atoms with E-state index < -0.39 is 11.1 Å². The van der Waals surface area contributed by atoms with Gasteiger partial charge in [-0.1, -0.05) is 18.2 Å². The third-order valence-corrected chi connectivity index (χ3v) is 1.62. The van der Waals surface area contributed by atoms with E-state index in [1.54, 1.807) is 30.3 Å². The van der Waals surface area contributed by atoms with Crippen LogP contribution >= 0.6 is 0 Å². The second-order valence-corrected chi connectivity index (χ2v) is 2.53. The average molecular weight is 229 g/mol. The van der Waals surface area contributed by atoms with Gasteiger partial charge in [-0.15, -0.1) is 0 Å². The summed E-state index contributed by atoms with van der Waals surface area (Å²) < 4.78 is 18.8. The van der Waals surface area contributed by atoms with Gasteiger partial charge in [0.1, 0.15) is 0 Å². The van der Waals surface area contributed by atoms with Gasteiger partial charge in [0.15, 0.2) is 11.1 Å². The average Bonchev–Trinajstić information content (AvgIpc) is 1.90. The fourth-order valence-corrected chi connectivity index (χ4v) is 0.927. The topological polar surface area (TPSA) is 37.3 Å². The van der Waals surface area contributed by atoms with E-state index in [9.17, 15) is 4.21 Å². The number of benzene rings is 1. The number of hydrogen-bond acceptors (Lipinski definition) is 1. The van der Waals surface area contributed by atoms with Gasteiger partial charge in [-0.25, -0.2) is 4.21 Å². The minimum absolute atomic E-state index is 0. The Morgan fingerprint density at radius 1 is 1.30 bits per heavy atom. The smallest absolute Gasteiger partial charge is 1.00 e. The Morgan fingerprint density at radius 2 is 1.80 bits per heavy atom. The summed E-state index contributed by atoms with van der Waals surface area (Å²) in [6.45, 7) is 0. The maximum atomic E-state index is 10.3. The molecule has 1 aromatic rings. The van der Waals surface area contributed by atoms with E-state index >= 15 is 0 Å². The Morgan fingerprint density at radius 3 is 2.10 bits per heavy atom. The maximum Gasteiger partial charge on any atom is 1.00 e. The van der Waals surface area contributed by atoms with Crippen molar-refractivity contribution in [2.45, 2.75) is 4.90 Å². The first kappa shape index (κ1) is 11.1. The molecule has 1 unspecified atom stereocenters. The first-order chi connectivity index (χ1) is 4.30. The summed E-state index contributed by atoms with van der Waals surface area (Å²) in [5.74, 6) is 0. The van der Waals surface area contributed by atoms with Crippen LogP contribution in [0.5, 0.6) is 0 Å². The van der Waals surface area contributed by atoms with Gasteiger partial charge in [-0.3, -0.25) is 0 Å². The molecule has 2 nitrogen and oxygen atoms in total. The van der Waals surface area contributed by atoms with Gasteiger partial charge in [0.25, 0.3) is 0 Å². The molecule has 1 rings (SSSR count). The normalized spacial score (nSPS) is 11.7. The first-order valence-electron chi connectivity index (χ1n) is 2.46. The zero-order valence-corrected chi connectivity index (χ0v) is 11.4. The van der Waals surface area contributed by atoms with E-state index in [0.29, 0.717) is 4.90 Å². The molecule has 0 aliphatic carbocycles. The minimum Gasteiger partial charge on any atom is -1.00 e. The van der Waals surface area contributed by atoms with Crippen molar-refractivity contribution >= 4 is 11.1 Å². The molecule has 0 aliphatic heterocycles. The minimum atomic E-state index is -1.83. The Bertz CT molecular complexity index is 217. The monoisotopic (exact) mass is 228 g/mol. The second-order valence-electron chi connectivity index (χ2n) is 1.56. The van der Waals surface area contributed by atoms with Gasteiger partial charge in [0, 0.05) is 0 Å². The molecule has 0 spiro atoms. The third-order valence-electron chi connectivity index (χ3n) is 0.945. The first-order valence-corrected chi connectivity index (χ1v) is 3.57. The predicted octanol–water partition coefficient (Wildman–Crippen LogP) is -1.62. The van der Waals surface area contributed by atoms with Crippen molar-refractivity contribution in [2.24, 2.45) is 0 Å². The van der Waals surface area contributed by atoms with E-state index in [-0.39, 0.29) is 59.6 Å². The SMILES string of the molecule is O=S(O)c1ccccc1.[H-].[Rb+]. The quantitative estimate of drug-likeness (QED) is 0.587. The van der Waals surface area contributed by atoms with Crippen LogP contribution in [0.15, 0.2) is 35.2 Å². The molecular weight excluding hydrogens is 222 g/mol. The van der Waals surface area contributed by atoms with E-state index in [2.05, 4.69) is 0 Å². The molecule has 10 heavy (non-hydrogen) atoms. The van der Waals surface area contributed by atoms with Crippen LogP contribution in [0.2, 0.25) is 0 Å². The number of hydrogen-bond donors (Lipinski definition) is 1. The fourth-order valence-electron chi connectivity index (χ4n) is 0.537. The molecule has 0 amide bonds. The van der Waals surface area contributed by atoms with E-state index in [0.717, 1.165) is 0 Å². The van der Waals surface area contributed by atoms with Crippen LogP contribution in [-0.4, -0.2) is 8.76 Å². The molecule has 1 aromatic carbocycles. The molecule has 0 aromatic heterocycles. The standard InChI is InChI=1S/C6H6O2S.Rb.H/c7-9(8)6-4-2-1-3-5-6;;/h1-5H,(H,7,8);;/q;+1;-1. The van der Waals surface area contributed by atoms with Gasteiger partial charge < -0.3 is 5.98 Å². The molecule has 50 valence electrons. The van der Waals surface area contributed by atoms with Gasteiger partial charge in [0.05, 0.1) is 4.90 Å². The molecule has 4 heteroatoms. The molecule has 1 N–H and O–H groups in total. The van der Waals surface area contributed by atoms with Crippen LogP contribution in [0.4, 0.5) is 0 Å². The summed E-state index contributed by atoms with van der Waals surface area (Å²) in [6.07, 6.45) is 0. The van der Waals surface area contributed by atoms with Crippen molar-refractivity contribution < 1.29 is 68.4 Å².